The van der Waals surface area contributed by atoms with Gasteiger partial charge in [0, 0.05) is 36.6 Å². The van der Waals surface area contributed by atoms with Crippen LogP contribution in [0.5, 0.6) is 0 Å². The van der Waals surface area contributed by atoms with E-state index < -0.39 is 0 Å². The van der Waals surface area contributed by atoms with Crippen molar-refractivity contribution in [1.29, 1.82) is 5.41 Å². The van der Waals surface area contributed by atoms with Crippen molar-refractivity contribution < 1.29 is 9.59 Å². The minimum Gasteiger partial charge on any atom is -0.345 e. The Kier molecular flexibility index (Phi) is 7.79. The molecule has 4 rings (SSSR count). The zero-order valence-electron chi connectivity index (χ0n) is 19.4. The van der Waals surface area contributed by atoms with Gasteiger partial charge in [-0.1, -0.05) is 48.5 Å². The highest BCUT2D eigenvalue weighted by atomic mass is 35.5. The molecular weight excluding hydrogens is 471 g/mol. The van der Waals surface area contributed by atoms with Gasteiger partial charge in [0.1, 0.15) is 0 Å². The molecule has 2 aromatic carbocycles. The minimum atomic E-state index is -0.105. The topological polar surface area (TPSA) is 71.1 Å². The SMILES string of the molecule is CN(CCCn1c(=N)n(CC(=O)c2ccc(Cl)cc2)c2cccc(Cl)c21)C(=O)C1CCCCC1. The molecule has 0 unspecified atom stereocenters. The molecule has 6 nitrogen and oxygen atoms in total. The number of halogens is 2. The summed E-state index contributed by atoms with van der Waals surface area (Å²) in [5, 5.41) is 9.91. The molecule has 0 atom stereocenters. The quantitative estimate of drug-likeness (QED) is 0.412. The van der Waals surface area contributed by atoms with Crippen LogP contribution in [0.3, 0.4) is 0 Å². The molecule has 1 fully saturated rings. The lowest BCUT2D eigenvalue weighted by Crippen LogP contribution is -2.35. The van der Waals surface area contributed by atoms with Crippen LogP contribution >= 0.6 is 23.2 Å². The van der Waals surface area contributed by atoms with Crippen molar-refractivity contribution in [2.24, 2.45) is 5.92 Å². The van der Waals surface area contributed by atoms with Gasteiger partial charge < -0.3 is 14.0 Å². The predicted octanol–water partition coefficient (Wildman–Crippen LogP) is 5.54. The molecule has 1 amide bonds. The maximum Gasteiger partial charge on any atom is 0.225 e. The Balaban J connectivity index is 1.52. The molecule has 0 spiro atoms. The number of ketones is 1. The molecule has 0 radical (unpaired) electrons. The molecule has 1 aliphatic carbocycles. The molecule has 0 saturated heterocycles. The Morgan fingerprint density at radius 1 is 1.03 bits per heavy atom. The Labute approximate surface area is 209 Å². The van der Waals surface area contributed by atoms with Gasteiger partial charge in [0.15, 0.2) is 5.78 Å². The third-order valence-corrected chi connectivity index (χ3v) is 7.27. The van der Waals surface area contributed by atoms with Crippen LogP contribution in [-0.2, 0) is 17.9 Å². The number of fused-ring (bicyclic) bond motifs is 1. The van der Waals surface area contributed by atoms with Crippen molar-refractivity contribution in [3.8, 4) is 0 Å². The van der Waals surface area contributed by atoms with E-state index in [-0.39, 0.29) is 29.8 Å². The molecule has 1 N–H and O–H groups in total. The molecule has 3 aromatic rings. The van der Waals surface area contributed by atoms with E-state index in [1.807, 2.05) is 28.6 Å². The zero-order valence-corrected chi connectivity index (χ0v) is 20.9. The number of carbonyl (C=O) groups is 2. The molecule has 0 aliphatic heterocycles. The van der Waals surface area contributed by atoms with Crippen LogP contribution in [0.1, 0.15) is 48.9 Å². The largest absolute Gasteiger partial charge is 0.345 e. The number of benzene rings is 2. The first-order valence-corrected chi connectivity index (χ1v) is 12.6. The third-order valence-electron chi connectivity index (χ3n) is 6.71. The maximum absolute atomic E-state index is 12.9. The first-order chi connectivity index (χ1) is 16.4. The summed E-state index contributed by atoms with van der Waals surface area (Å²) >= 11 is 12.5. The van der Waals surface area contributed by atoms with Gasteiger partial charge in [-0.25, -0.2) is 0 Å². The summed E-state index contributed by atoms with van der Waals surface area (Å²) in [6, 6.07) is 12.3. The number of aryl methyl sites for hydroxylation is 1. The number of imidazole rings is 1. The Hall–Kier alpha value is -2.57. The number of carbonyl (C=O) groups excluding carboxylic acids is 2. The van der Waals surface area contributed by atoms with Gasteiger partial charge in [-0.3, -0.25) is 15.0 Å². The highest BCUT2D eigenvalue weighted by Crippen LogP contribution is 2.26. The molecule has 1 saturated carbocycles. The Morgan fingerprint density at radius 2 is 1.74 bits per heavy atom. The van der Waals surface area contributed by atoms with Gasteiger partial charge in [-0.15, -0.1) is 0 Å². The molecular formula is C26H30Cl2N4O2. The lowest BCUT2D eigenvalue weighted by atomic mass is 9.88. The second kappa shape index (κ2) is 10.8. The van der Waals surface area contributed by atoms with E-state index in [9.17, 15) is 9.59 Å². The summed E-state index contributed by atoms with van der Waals surface area (Å²) in [4.78, 5) is 27.5. The van der Waals surface area contributed by atoms with Gasteiger partial charge in [-0.05, 0) is 55.7 Å². The van der Waals surface area contributed by atoms with Gasteiger partial charge in [0.25, 0.3) is 0 Å². The Morgan fingerprint density at radius 3 is 2.44 bits per heavy atom. The second-order valence-electron chi connectivity index (χ2n) is 9.05. The van der Waals surface area contributed by atoms with E-state index in [0.717, 1.165) is 36.7 Å². The van der Waals surface area contributed by atoms with Gasteiger partial charge in [0.2, 0.25) is 11.5 Å². The lowest BCUT2D eigenvalue weighted by Gasteiger charge is -2.26. The molecule has 1 aliphatic rings. The standard InChI is InChI=1S/C26H30Cl2N4O2/c1-30(25(34)19-7-3-2-4-8-19)15-6-16-31-24-21(28)9-5-10-22(24)32(26(31)29)17-23(33)18-11-13-20(27)14-12-18/h5,9-14,19,29H,2-4,6-8,15-17H2,1H3. The van der Waals surface area contributed by atoms with Crippen molar-refractivity contribution in [3.05, 3.63) is 63.7 Å². The maximum atomic E-state index is 12.9. The smallest absolute Gasteiger partial charge is 0.225 e. The number of Topliss-reactive ketones (excluding diaryl/α,β-unsaturated/α-hetero) is 1. The van der Waals surface area contributed by atoms with Crippen LogP contribution in [0.25, 0.3) is 11.0 Å². The summed E-state index contributed by atoms with van der Waals surface area (Å²) in [5.74, 6) is 0.269. The molecule has 180 valence electrons. The lowest BCUT2D eigenvalue weighted by molar-refractivity contribution is -0.135. The normalized spacial score (nSPS) is 14.4. The first kappa shape index (κ1) is 24.6. The first-order valence-electron chi connectivity index (χ1n) is 11.8. The zero-order chi connectivity index (χ0) is 24.2. The van der Waals surface area contributed by atoms with E-state index in [4.69, 9.17) is 28.6 Å². The van der Waals surface area contributed by atoms with Crippen LogP contribution in [0, 0.1) is 11.3 Å². The van der Waals surface area contributed by atoms with E-state index in [1.165, 1.54) is 6.42 Å². The van der Waals surface area contributed by atoms with Gasteiger partial charge >= 0.3 is 0 Å². The highest BCUT2D eigenvalue weighted by Gasteiger charge is 2.24. The van der Waals surface area contributed by atoms with Crippen molar-refractivity contribution in [2.75, 3.05) is 13.6 Å². The molecule has 34 heavy (non-hydrogen) atoms. The van der Waals surface area contributed by atoms with E-state index in [0.29, 0.717) is 35.1 Å². The number of rotatable bonds is 8. The number of aromatic nitrogens is 2. The number of nitrogens with one attached hydrogen (secondary N) is 1. The van der Waals surface area contributed by atoms with Gasteiger partial charge in [-0.2, -0.15) is 0 Å². The van der Waals surface area contributed by atoms with Crippen LogP contribution in [-0.4, -0.2) is 39.3 Å². The molecule has 0 bridgehead atoms. The highest BCUT2D eigenvalue weighted by molar-refractivity contribution is 6.35. The number of hydrogen-bond donors (Lipinski definition) is 1. The van der Waals surface area contributed by atoms with Crippen molar-refractivity contribution in [3.63, 3.8) is 0 Å². The van der Waals surface area contributed by atoms with E-state index >= 15 is 0 Å². The fourth-order valence-corrected chi connectivity index (χ4v) is 5.24. The number of nitrogens with zero attached hydrogens (tertiary/aromatic N) is 3. The van der Waals surface area contributed by atoms with Crippen LogP contribution in [0.15, 0.2) is 42.5 Å². The van der Waals surface area contributed by atoms with Crippen LogP contribution in [0.2, 0.25) is 10.0 Å². The monoisotopic (exact) mass is 500 g/mol. The molecule has 8 heteroatoms. The van der Waals surface area contributed by atoms with Crippen molar-refractivity contribution in [2.45, 2.75) is 51.6 Å². The van der Waals surface area contributed by atoms with Crippen molar-refractivity contribution in [1.82, 2.24) is 14.0 Å². The van der Waals surface area contributed by atoms with E-state index in [2.05, 4.69) is 0 Å². The summed E-state index contributed by atoms with van der Waals surface area (Å²) in [6.45, 7) is 1.18. The van der Waals surface area contributed by atoms with Gasteiger partial charge in [0.05, 0.1) is 22.6 Å². The second-order valence-corrected chi connectivity index (χ2v) is 9.89. The van der Waals surface area contributed by atoms with E-state index in [1.54, 1.807) is 34.9 Å². The average Bonchev–Trinajstić information content (AvgIpc) is 3.11. The Bertz CT molecular complexity index is 1240. The van der Waals surface area contributed by atoms with Crippen LogP contribution in [0.4, 0.5) is 0 Å². The fraction of sp³-hybridized carbons (Fsp3) is 0.423. The number of hydrogen-bond acceptors (Lipinski definition) is 3. The molecule has 1 heterocycles. The fourth-order valence-electron chi connectivity index (χ4n) is 4.84. The number of para-hydroxylation sites is 1. The summed E-state index contributed by atoms with van der Waals surface area (Å²) in [6.07, 6.45) is 6.16. The predicted molar refractivity (Wildman–Crippen MR) is 135 cm³/mol. The molecule has 1 aromatic heterocycles. The summed E-state index contributed by atoms with van der Waals surface area (Å²) < 4.78 is 3.53. The summed E-state index contributed by atoms with van der Waals surface area (Å²) in [5.41, 5.74) is 2.24. The van der Waals surface area contributed by atoms with Crippen molar-refractivity contribution >= 4 is 45.9 Å². The van der Waals surface area contributed by atoms with Crippen LogP contribution < -0.4 is 5.62 Å². The third kappa shape index (κ3) is 5.23. The number of amides is 1. The average molecular weight is 501 g/mol. The summed E-state index contributed by atoms with van der Waals surface area (Å²) in [7, 11) is 1.87. The minimum absolute atomic E-state index is 0.0321.